The van der Waals surface area contributed by atoms with Gasteiger partial charge < -0.3 is 13.6 Å². The van der Waals surface area contributed by atoms with E-state index in [1.54, 1.807) is 0 Å². The first-order chi connectivity index (χ1) is 24.3. The first-order valence-corrected chi connectivity index (χ1v) is 16.8. The van der Waals surface area contributed by atoms with Crippen molar-refractivity contribution in [1.29, 1.82) is 0 Å². The first-order valence-electron chi connectivity index (χ1n) is 16.8. The molecule has 0 aliphatic carbocycles. The topological polar surface area (TPSA) is 23.0 Å². The highest BCUT2D eigenvalue weighted by Crippen LogP contribution is 2.42. The molecule has 0 fully saturated rings. The van der Waals surface area contributed by atoms with Crippen molar-refractivity contribution in [2.45, 2.75) is 0 Å². The number of hydrogen-bond donors (Lipinski definition) is 0. The zero-order valence-electron chi connectivity index (χ0n) is 26.5. The van der Waals surface area contributed by atoms with Gasteiger partial charge in [0.1, 0.15) is 11.2 Å². The Morgan fingerprint density at radius 1 is 0.347 bits per heavy atom. The molecule has 0 unspecified atom stereocenters. The molecule has 0 aliphatic heterocycles. The standard InChI is InChI=1S/C46H28N2O/c1-2-12-31(13-3-1)48-40-26-23-29-11-4-5-14-33(29)45(40)38-27-37-35-15-6-8-18-39(35)47(41(37)28-42(38)48)32-24-21-30(22-25-32)34-17-10-20-44-46(34)36-16-7-9-19-43(36)49-44/h1-28H. The van der Waals surface area contributed by atoms with Crippen LogP contribution in [0.3, 0.4) is 0 Å². The zero-order chi connectivity index (χ0) is 32.1. The summed E-state index contributed by atoms with van der Waals surface area (Å²) in [4.78, 5) is 0. The molecular weight excluding hydrogens is 597 g/mol. The highest BCUT2D eigenvalue weighted by molar-refractivity contribution is 6.25. The number of rotatable bonds is 3. The lowest BCUT2D eigenvalue weighted by Gasteiger charge is -2.11. The lowest BCUT2D eigenvalue weighted by Crippen LogP contribution is -1.96. The molecule has 8 aromatic carbocycles. The van der Waals surface area contributed by atoms with E-state index in [1.807, 2.05) is 12.1 Å². The minimum atomic E-state index is 0.913. The molecule has 3 nitrogen and oxygen atoms in total. The number of hydrogen-bond acceptors (Lipinski definition) is 1. The van der Waals surface area contributed by atoms with Crippen molar-refractivity contribution in [2.75, 3.05) is 0 Å². The summed E-state index contributed by atoms with van der Waals surface area (Å²) >= 11 is 0. The molecule has 11 aromatic rings. The van der Waals surface area contributed by atoms with Crippen molar-refractivity contribution >= 4 is 76.3 Å². The Hall–Kier alpha value is -6.58. The van der Waals surface area contributed by atoms with Crippen molar-refractivity contribution in [3.05, 3.63) is 170 Å². The van der Waals surface area contributed by atoms with Crippen LogP contribution in [0.25, 0.3) is 98.8 Å². The molecule has 0 aliphatic rings. The van der Waals surface area contributed by atoms with E-state index in [0.29, 0.717) is 0 Å². The van der Waals surface area contributed by atoms with Crippen molar-refractivity contribution in [2.24, 2.45) is 0 Å². The third kappa shape index (κ3) is 3.73. The number of fused-ring (bicyclic) bond motifs is 11. The van der Waals surface area contributed by atoms with E-state index >= 15 is 0 Å². The predicted molar refractivity (Wildman–Crippen MR) is 205 cm³/mol. The fourth-order valence-corrected chi connectivity index (χ4v) is 8.19. The fraction of sp³-hybridized carbons (Fsp3) is 0. The quantitative estimate of drug-likeness (QED) is 0.192. The maximum absolute atomic E-state index is 6.21. The minimum Gasteiger partial charge on any atom is -0.456 e. The van der Waals surface area contributed by atoms with Crippen LogP contribution in [-0.4, -0.2) is 9.13 Å². The van der Waals surface area contributed by atoms with Crippen LogP contribution in [0.1, 0.15) is 0 Å². The maximum atomic E-state index is 6.21. The highest BCUT2D eigenvalue weighted by Gasteiger charge is 2.20. The average Bonchev–Trinajstić information content (AvgIpc) is 3.82. The molecule has 49 heavy (non-hydrogen) atoms. The molecule has 3 aromatic heterocycles. The summed E-state index contributed by atoms with van der Waals surface area (Å²) in [5, 5.41) is 9.89. The van der Waals surface area contributed by atoms with Gasteiger partial charge in [0.05, 0.1) is 22.1 Å². The second-order valence-corrected chi connectivity index (χ2v) is 12.9. The van der Waals surface area contributed by atoms with Crippen LogP contribution < -0.4 is 0 Å². The van der Waals surface area contributed by atoms with Crippen LogP contribution >= 0.6 is 0 Å². The minimum absolute atomic E-state index is 0.913. The monoisotopic (exact) mass is 624 g/mol. The second-order valence-electron chi connectivity index (χ2n) is 12.9. The number of furan rings is 1. The Morgan fingerprint density at radius 2 is 1.02 bits per heavy atom. The Balaban J connectivity index is 1.19. The van der Waals surface area contributed by atoms with Gasteiger partial charge in [0.25, 0.3) is 0 Å². The van der Waals surface area contributed by atoms with Crippen LogP contribution in [0.15, 0.2) is 174 Å². The molecule has 0 N–H and O–H groups in total. The summed E-state index contributed by atoms with van der Waals surface area (Å²) < 4.78 is 11.1. The van der Waals surface area contributed by atoms with Crippen molar-refractivity contribution < 1.29 is 4.42 Å². The van der Waals surface area contributed by atoms with Crippen LogP contribution in [0.5, 0.6) is 0 Å². The van der Waals surface area contributed by atoms with E-state index in [2.05, 4.69) is 167 Å². The Bertz CT molecular complexity index is 3090. The van der Waals surface area contributed by atoms with Crippen LogP contribution in [0, 0.1) is 0 Å². The van der Waals surface area contributed by atoms with Crippen molar-refractivity contribution in [3.63, 3.8) is 0 Å². The van der Waals surface area contributed by atoms with Gasteiger partial charge in [-0.1, -0.05) is 109 Å². The Morgan fingerprint density at radius 3 is 1.90 bits per heavy atom. The third-order valence-electron chi connectivity index (χ3n) is 10.3. The van der Waals surface area contributed by atoms with Crippen LogP contribution in [0.2, 0.25) is 0 Å². The van der Waals surface area contributed by atoms with Gasteiger partial charge in [0.2, 0.25) is 0 Å². The molecule has 3 heterocycles. The second kappa shape index (κ2) is 9.96. The first kappa shape index (κ1) is 26.5. The van der Waals surface area contributed by atoms with Gasteiger partial charge in [-0.25, -0.2) is 0 Å². The molecule has 0 bridgehead atoms. The van der Waals surface area contributed by atoms with E-state index in [-0.39, 0.29) is 0 Å². The zero-order valence-corrected chi connectivity index (χ0v) is 26.5. The summed E-state index contributed by atoms with van der Waals surface area (Å²) in [5.74, 6) is 0. The van der Waals surface area contributed by atoms with Gasteiger partial charge in [-0.3, -0.25) is 0 Å². The largest absolute Gasteiger partial charge is 0.456 e. The Kier molecular flexibility index (Phi) is 5.38. The lowest BCUT2D eigenvalue weighted by molar-refractivity contribution is 0.669. The van der Waals surface area contributed by atoms with Crippen molar-refractivity contribution in [1.82, 2.24) is 9.13 Å². The summed E-state index contributed by atoms with van der Waals surface area (Å²) in [6.45, 7) is 0. The normalized spacial score (nSPS) is 12.1. The molecule has 0 spiro atoms. The van der Waals surface area contributed by atoms with Gasteiger partial charge in [-0.05, 0) is 82.6 Å². The molecule has 0 amide bonds. The van der Waals surface area contributed by atoms with E-state index in [0.717, 1.165) is 33.3 Å². The van der Waals surface area contributed by atoms with E-state index in [4.69, 9.17) is 4.42 Å². The van der Waals surface area contributed by atoms with E-state index < -0.39 is 0 Å². The van der Waals surface area contributed by atoms with Gasteiger partial charge in [-0.15, -0.1) is 0 Å². The lowest BCUT2D eigenvalue weighted by atomic mass is 9.99. The third-order valence-corrected chi connectivity index (χ3v) is 10.3. The summed E-state index contributed by atoms with van der Waals surface area (Å²) in [6.07, 6.45) is 0. The number of benzene rings is 8. The molecule has 228 valence electrons. The molecule has 0 radical (unpaired) electrons. The number of nitrogens with zero attached hydrogens (tertiary/aromatic N) is 2. The summed E-state index contributed by atoms with van der Waals surface area (Å²) in [6, 6.07) is 61.3. The van der Waals surface area contributed by atoms with Gasteiger partial charge in [0, 0.05) is 43.7 Å². The molecule has 3 heteroatoms. The van der Waals surface area contributed by atoms with E-state index in [1.165, 1.54) is 65.5 Å². The molecule has 0 saturated carbocycles. The highest BCUT2D eigenvalue weighted by atomic mass is 16.3. The van der Waals surface area contributed by atoms with Gasteiger partial charge in [0.15, 0.2) is 0 Å². The smallest absolute Gasteiger partial charge is 0.136 e. The fourth-order valence-electron chi connectivity index (χ4n) is 8.19. The molecule has 11 rings (SSSR count). The number of para-hydroxylation sites is 3. The number of aromatic nitrogens is 2. The van der Waals surface area contributed by atoms with Crippen LogP contribution in [-0.2, 0) is 0 Å². The molecule has 0 saturated heterocycles. The van der Waals surface area contributed by atoms with E-state index in [9.17, 15) is 0 Å². The van der Waals surface area contributed by atoms with Gasteiger partial charge >= 0.3 is 0 Å². The maximum Gasteiger partial charge on any atom is 0.136 e. The molecular formula is C46H28N2O. The summed E-state index contributed by atoms with van der Waals surface area (Å²) in [5.41, 5.74) is 11.3. The average molecular weight is 625 g/mol. The Labute approximate surface area is 281 Å². The van der Waals surface area contributed by atoms with Crippen molar-refractivity contribution in [3.8, 4) is 22.5 Å². The predicted octanol–water partition coefficient (Wildman–Crippen LogP) is 12.6. The van der Waals surface area contributed by atoms with Gasteiger partial charge in [-0.2, -0.15) is 0 Å². The SMILES string of the molecule is c1ccc(-n2c3cc4c(cc3c3c5ccccc5ccc32)c2ccccc2n4-c2ccc(-c3cccc4oc5ccccc5c34)cc2)cc1. The summed E-state index contributed by atoms with van der Waals surface area (Å²) in [7, 11) is 0. The molecule has 0 atom stereocenters. The van der Waals surface area contributed by atoms with Crippen LogP contribution in [0.4, 0.5) is 0 Å².